The van der Waals surface area contributed by atoms with E-state index in [0.29, 0.717) is 0 Å². The SMILES string of the molecule is CC1=C(CC(=O)O)c2cc(C)ccc2/C1=C\c1ccsc1. The molecule has 3 rings (SSSR count). The molecule has 0 radical (unpaired) electrons. The van der Waals surface area contributed by atoms with Crippen molar-refractivity contribution in [2.75, 3.05) is 0 Å². The maximum atomic E-state index is 11.2. The number of aliphatic carboxylic acids is 1. The van der Waals surface area contributed by atoms with Gasteiger partial charge in [-0.3, -0.25) is 4.79 Å². The first kappa shape index (κ1) is 13.8. The van der Waals surface area contributed by atoms with Gasteiger partial charge in [-0.2, -0.15) is 11.3 Å². The van der Waals surface area contributed by atoms with Gasteiger partial charge in [0.1, 0.15) is 0 Å². The summed E-state index contributed by atoms with van der Waals surface area (Å²) in [6.45, 7) is 4.06. The number of aryl methyl sites for hydroxylation is 1. The quantitative estimate of drug-likeness (QED) is 0.878. The van der Waals surface area contributed by atoms with E-state index < -0.39 is 5.97 Å². The Bertz CT molecular complexity index is 765. The molecule has 1 aliphatic rings. The molecule has 1 heterocycles. The molecular weight excluding hydrogens is 280 g/mol. The number of carboxylic acids is 1. The standard InChI is InChI=1S/C18H16O2S/c1-11-3-4-14-15(8-13-5-6-21-10-13)12(2)16(9-18(19)20)17(14)7-11/h3-8,10H,9H2,1-2H3,(H,19,20)/b15-8-. The molecule has 21 heavy (non-hydrogen) atoms. The average molecular weight is 296 g/mol. The maximum Gasteiger partial charge on any atom is 0.307 e. The molecule has 1 aromatic carbocycles. The monoisotopic (exact) mass is 296 g/mol. The van der Waals surface area contributed by atoms with E-state index in [0.717, 1.165) is 39.0 Å². The number of hydrogen-bond acceptors (Lipinski definition) is 2. The Morgan fingerprint density at radius 1 is 1.24 bits per heavy atom. The second-order valence-corrected chi connectivity index (χ2v) is 6.12. The van der Waals surface area contributed by atoms with Crippen LogP contribution < -0.4 is 0 Å². The number of thiophene rings is 1. The molecule has 1 aliphatic carbocycles. The van der Waals surface area contributed by atoms with Gasteiger partial charge in [-0.05, 0) is 70.2 Å². The fourth-order valence-electron chi connectivity index (χ4n) is 2.80. The topological polar surface area (TPSA) is 37.3 Å². The van der Waals surface area contributed by atoms with Gasteiger partial charge in [-0.1, -0.05) is 23.8 Å². The van der Waals surface area contributed by atoms with Crippen LogP contribution in [-0.4, -0.2) is 11.1 Å². The van der Waals surface area contributed by atoms with E-state index in [1.165, 1.54) is 0 Å². The fourth-order valence-corrected chi connectivity index (χ4v) is 3.42. The third-order valence-electron chi connectivity index (χ3n) is 3.83. The van der Waals surface area contributed by atoms with E-state index in [9.17, 15) is 9.90 Å². The highest BCUT2D eigenvalue weighted by atomic mass is 32.1. The van der Waals surface area contributed by atoms with Crippen LogP contribution in [0.3, 0.4) is 0 Å². The van der Waals surface area contributed by atoms with E-state index in [-0.39, 0.29) is 6.42 Å². The van der Waals surface area contributed by atoms with E-state index in [4.69, 9.17) is 0 Å². The Morgan fingerprint density at radius 3 is 2.71 bits per heavy atom. The van der Waals surface area contributed by atoms with E-state index in [1.807, 2.05) is 13.8 Å². The largest absolute Gasteiger partial charge is 0.481 e. The molecule has 1 N–H and O–H groups in total. The highest BCUT2D eigenvalue weighted by molar-refractivity contribution is 7.08. The van der Waals surface area contributed by atoms with Crippen molar-refractivity contribution in [3.05, 3.63) is 62.9 Å². The van der Waals surface area contributed by atoms with Gasteiger partial charge in [-0.25, -0.2) is 0 Å². The summed E-state index contributed by atoms with van der Waals surface area (Å²) in [6, 6.07) is 8.35. The molecule has 0 fully saturated rings. The van der Waals surface area contributed by atoms with Gasteiger partial charge in [-0.15, -0.1) is 0 Å². The van der Waals surface area contributed by atoms with Crippen LogP contribution in [0.25, 0.3) is 17.2 Å². The smallest absolute Gasteiger partial charge is 0.307 e. The predicted octanol–water partition coefficient (Wildman–Crippen LogP) is 4.86. The summed E-state index contributed by atoms with van der Waals surface area (Å²) in [7, 11) is 0. The first-order valence-electron chi connectivity index (χ1n) is 6.83. The van der Waals surface area contributed by atoms with Crippen molar-refractivity contribution >= 4 is 34.5 Å². The molecule has 0 atom stereocenters. The lowest BCUT2D eigenvalue weighted by atomic mass is 9.99. The van der Waals surface area contributed by atoms with Crippen LogP contribution in [0.1, 0.15) is 35.6 Å². The molecule has 0 spiro atoms. The molecule has 1 aromatic heterocycles. The number of hydrogen-bond donors (Lipinski definition) is 1. The number of carboxylic acid groups (broad SMARTS) is 1. The highest BCUT2D eigenvalue weighted by Gasteiger charge is 2.25. The summed E-state index contributed by atoms with van der Waals surface area (Å²) in [6.07, 6.45) is 2.22. The van der Waals surface area contributed by atoms with E-state index in [1.54, 1.807) is 11.3 Å². The number of benzene rings is 1. The predicted molar refractivity (Wildman–Crippen MR) is 88.2 cm³/mol. The molecular formula is C18H16O2S. The van der Waals surface area contributed by atoms with Crippen molar-refractivity contribution in [3.8, 4) is 0 Å². The minimum Gasteiger partial charge on any atom is -0.481 e. The first-order valence-corrected chi connectivity index (χ1v) is 7.78. The Labute approximate surface area is 128 Å². The maximum absolute atomic E-state index is 11.2. The lowest BCUT2D eigenvalue weighted by Gasteiger charge is -2.05. The van der Waals surface area contributed by atoms with Crippen LogP contribution in [-0.2, 0) is 4.79 Å². The van der Waals surface area contributed by atoms with Crippen LogP contribution in [0, 0.1) is 6.92 Å². The Balaban J connectivity index is 2.18. The number of carbonyl (C=O) groups is 1. The summed E-state index contributed by atoms with van der Waals surface area (Å²) >= 11 is 1.66. The molecule has 0 amide bonds. The van der Waals surface area contributed by atoms with Crippen molar-refractivity contribution in [1.82, 2.24) is 0 Å². The molecule has 3 heteroatoms. The number of fused-ring (bicyclic) bond motifs is 1. The summed E-state index contributed by atoms with van der Waals surface area (Å²) < 4.78 is 0. The van der Waals surface area contributed by atoms with Crippen LogP contribution in [0.2, 0.25) is 0 Å². The molecule has 106 valence electrons. The average Bonchev–Trinajstić information content (AvgIpc) is 3.01. The van der Waals surface area contributed by atoms with E-state index in [2.05, 4.69) is 41.1 Å². The van der Waals surface area contributed by atoms with Gasteiger partial charge < -0.3 is 5.11 Å². The van der Waals surface area contributed by atoms with Gasteiger partial charge in [0, 0.05) is 0 Å². The molecule has 2 aromatic rings. The minimum absolute atomic E-state index is 0.0727. The summed E-state index contributed by atoms with van der Waals surface area (Å²) in [5.41, 5.74) is 7.67. The van der Waals surface area contributed by atoms with Crippen molar-refractivity contribution < 1.29 is 9.90 Å². The van der Waals surface area contributed by atoms with Crippen LogP contribution in [0.4, 0.5) is 0 Å². The zero-order valence-corrected chi connectivity index (χ0v) is 12.8. The fraction of sp³-hybridized carbons (Fsp3) is 0.167. The lowest BCUT2D eigenvalue weighted by molar-refractivity contribution is -0.135. The normalized spacial score (nSPS) is 15.6. The van der Waals surface area contributed by atoms with Gasteiger partial charge in [0.15, 0.2) is 0 Å². The van der Waals surface area contributed by atoms with Gasteiger partial charge in [0.05, 0.1) is 6.42 Å². The second-order valence-electron chi connectivity index (χ2n) is 5.34. The van der Waals surface area contributed by atoms with Crippen LogP contribution in [0.15, 0.2) is 40.6 Å². The zero-order valence-electron chi connectivity index (χ0n) is 12.0. The van der Waals surface area contributed by atoms with Gasteiger partial charge in [0.2, 0.25) is 0 Å². The first-order chi connectivity index (χ1) is 10.1. The third kappa shape index (κ3) is 2.57. The number of rotatable bonds is 3. The van der Waals surface area contributed by atoms with Crippen molar-refractivity contribution in [1.29, 1.82) is 0 Å². The van der Waals surface area contributed by atoms with Gasteiger partial charge in [0.25, 0.3) is 0 Å². The molecule has 0 bridgehead atoms. The minimum atomic E-state index is -0.784. The molecule has 0 unspecified atom stereocenters. The Morgan fingerprint density at radius 2 is 2.05 bits per heavy atom. The van der Waals surface area contributed by atoms with Crippen molar-refractivity contribution in [3.63, 3.8) is 0 Å². The lowest BCUT2D eigenvalue weighted by Crippen LogP contribution is -1.97. The molecule has 0 aliphatic heterocycles. The molecule has 0 saturated heterocycles. The summed E-state index contributed by atoms with van der Waals surface area (Å²) in [4.78, 5) is 11.2. The van der Waals surface area contributed by atoms with E-state index >= 15 is 0 Å². The highest BCUT2D eigenvalue weighted by Crippen LogP contribution is 2.43. The van der Waals surface area contributed by atoms with Crippen LogP contribution in [0.5, 0.6) is 0 Å². The molecule has 2 nitrogen and oxygen atoms in total. The van der Waals surface area contributed by atoms with Crippen LogP contribution >= 0.6 is 11.3 Å². The Hall–Kier alpha value is -2.13. The zero-order chi connectivity index (χ0) is 15.0. The van der Waals surface area contributed by atoms with Crippen molar-refractivity contribution in [2.24, 2.45) is 0 Å². The summed E-state index contributed by atoms with van der Waals surface area (Å²) in [5, 5.41) is 13.3. The summed E-state index contributed by atoms with van der Waals surface area (Å²) in [5.74, 6) is -0.784. The van der Waals surface area contributed by atoms with Gasteiger partial charge >= 0.3 is 5.97 Å². The van der Waals surface area contributed by atoms with Crippen molar-refractivity contribution in [2.45, 2.75) is 20.3 Å². The second kappa shape index (κ2) is 5.34. The number of allylic oxidation sites excluding steroid dienone is 2. The molecule has 0 saturated carbocycles. The third-order valence-corrected chi connectivity index (χ3v) is 4.53. The Kier molecular flexibility index (Phi) is 3.52.